The Morgan fingerprint density at radius 1 is 1.22 bits per heavy atom. The van der Waals surface area contributed by atoms with Crippen LogP contribution in [0.4, 0.5) is 5.82 Å². The first-order valence-corrected chi connectivity index (χ1v) is 9.18. The maximum atomic E-state index is 5.45. The van der Waals surface area contributed by atoms with Gasteiger partial charge in [0.1, 0.15) is 5.82 Å². The van der Waals surface area contributed by atoms with Crippen LogP contribution in [0, 0.1) is 12.8 Å². The van der Waals surface area contributed by atoms with Crippen molar-refractivity contribution in [3.63, 3.8) is 0 Å². The quantitative estimate of drug-likeness (QED) is 0.851. The minimum absolute atomic E-state index is 0.553. The maximum Gasteiger partial charge on any atom is 0.128 e. The molecule has 0 bridgehead atoms. The van der Waals surface area contributed by atoms with Crippen LogP contribution in [0.2, 0.25) is 0 Å². The summed E-state index contributed by atoms with van der Waals surface area (Å²) in [5, 5.41) is 0. The number of hydrogen-bond donors (Lipinski definition) is 0. The third-order valence-electron chi connectivity index (χ3n) is 5.04. The Kier molecular flexibility index (Phi) is 5.54. The average Bonchev–Trinajstić information content (AvgIpc) is 2.56. The van der Waals surface area contributed by atoms with Crippen molar-refractivity contribution in [2.75, 3.05) is 44.3 Å². The minimum Gasteiger partial charge on any atom is -0.378 e. The predicted octanol–water partition coefficient (Wildman–Crippen LogP) is 3.41. The smallest absolute Gasteiger partial charge is 0.128 e. The molecule has 0 amide bonds. The number of hydrogen-bond acceptors (Lipinski definition) is 4. The molecule has 3 rings (SSSR count). The molecule has 1 atom stereocenters. The molecule has 2 fully saturated rings. The van der Waals surface area contributed by atoms with Crippen molar-refractivity contribution in [1.82, 2.24) is 9.88 Å². The molecule has 1 unspecified atom stereocenters. The zero-order chi connectivity index (χ0) is 16.2. The highest BCUT2D eigenvalue weighted by Gasteiger charge is 2.26. The van der Waals surface area contributed by atoms with E-state index in [1.807, 2.05) is 0 Å². The zero-order valence-corrected chi connectivity index (χ0v) is 14.9. The Balaban J connectivity index is 1.78. The van der Waals surface area contributed by atoms with Crippen LogP contribution in [0.25, 0.3) is 0 Å². The second-order valence-corrected chi connectivity index (χ2v) is 7.40. The fourth-order valence-electron chi connectivity index (χ4n) is 3.90. The van der Waals surface area contributed by atoms with Gasteiger partial charge in [0.15, 0.2) is 0 Å². The van der Waals surface area contributed by atoms with Crippen molar-refractivity contribution < 1.29 is 4.74 Å². The monoisotopic (exact) mass is 317 g/mol. The molecule has 1 aromatic heterocycles. The van der Waals surface area contributed by atoms with E-state index in [1.165, 1.54) is 43.5 Å². The molecule has 4 nitrogen and oxygen atoms in total. The highest BCUT2D eigenvalue weighted by molar-refractivity contribution is 5.44. The number of anilines is 1. The van der Waals surface area contributed by atoms with E-state index >= 15 is 0 Å². The molecule has 23 heavy (non-hydrogen) atoms. The zero-order valence-electron chi connectivity index (χ0n) is 14.9. The van der Waals surface area contributed by atoms with E-state index in [0.29, 0.717) is 6.04 Å². The van der Waals surface area contributed by atoms with Gasteiger partial charge in [0.2, 0.25) is 0 Å². The molecule has 0 saturated carbocycles. The number of likely N-dealkylation sites (tertiary alicyclic amines) is 1. The molecule has 2 aliphatic heterocycles. The van der Waals surface area contributed by atoms with Crippen LogP contribution in [-0.4, -0.2) is 49.3 Å². The van der Waals surface area contributed by atoms with Crippen LogP contribution in [0.5, 0.6) is 0 Å². The van der Waals surface area contributed by atoms with Gasteiger partial charge in [-0.05, 0) is 49.4 Å². The molecule has 0 N–H and O–H groups in total. The summed E-state index contributed by atoms with van der Waals surface area (Å²) in [6.07, 6.45) is 6.08. The van der Waals surface area contributed by atoms with Crippen molar-refractivity contribution in [3.8, 4) is 0 Å². The second-order valence-electron chi connectivity index (χ2n) is 7.40. The maximum absolute atomic E-state index is 5.45. The third-order valence-corrected chi connectivity index (χ3v) is 5.04. The van der Waals surface area contributed by atoms with Crippen LogP contribution in [0.15, 0.2) is 12.3 Å². The normalized spacial score (nSPS) is 23.5. The van der Waals surface area contributed by atoms with Gasteiger partial charge in [-0.25, -0.2) is 4.98 Å². The lowest BCUT2D eigenvalue weighted by atomic mass is 9.92. The molecule has 4 heteroatoms. The van der Waals surface area contributed by atoms with Crippen molar-refractivity contribution in [1.29, 1.82) is 0 Å². The van der Waals surface area contributed by atoms with Gasteiger partial charge < -0.3 is 9.64 Å². The Hall–Kier alpha value is -1.13. The molecule has 2 aliphatic rings. The Bertz CT molecular complexity index is 511. The first-order chi connectivity index (χ1) is 11.1. The Morgan fingerprint density at radius 2 is 2.00 bits per heavy atom. The number of morpholine rings is 1. The number of pyridine rings is 1. The van der Waals surface area contributed by atoms with Crippen molar-refractivity contribution >= 4 is 5.82 Å². The van der Waals surface area contributed by atoms with Gasteiger partial charge in [0.25, 0.3) is 0 Å². The van der Waals surface area contributed by atoms with Gasteiger partial charge in [-0.1, -0.05) is 20.3 Å². The van der Waals surface area contributed by atoms with Gasteiger partial charge in [0.05, 0.1) is 13.2 Å². The first-order valence-electron chi connectivity index (χ1n) is 9.18. The van der Waals surface area contributed by atoms with E-state index < -0.39 is 0 Å². The summed E-state index contributed by atoms with van der Waals surface area (Å²) < 4.78 is 5.45. The van der Waals surface area contributed by atoms with Gasteiger partial charge in [0, 0.05) is 31.9 Å². The standard InChI is InChI=1S/C19H31N3O/c1-15(2)14-22-7-5-4-6-18(22)17-13-20-19(12-16(17)3)21-8-10-23-11-9-21/h12-13,15,18H,4-11,14H2,1-3H3. The molecule has 0 aromatic carbocycles. The first kappa shape index (κ1) is 16.7. The molecular formula is C19H31N3O. The van der Waals surface area contributed by atoms with E-state index in [1.54, 1.807) is 0 Å². The lowest BCUT2D eigenvalue weighted by molar-refractivity contribution is 0.122. The molecule has 0 radical (unpaired) electrons. The molecule has 0 aliphatic carbocycles. The topological polar surface area (TPSA) is 28.6 Å². The number of rotatable bonds is 4. The summed E-state index contributed by atoms with van der Waals surface area (Å²) in [6.45, 7) is 12.8. The number of piperidine rings is 1. The van der Waals surface area contributed by atoms with Gasteiger partial charge in [-0.3, -0.25) is 4.90 Å². The largest absolute Gasteiger partial charge is 0.378 e. The summed E-state index contributed by atoms with van der Waals surface area (Å²) in [4.78, 5) is 9.81. The molecule has 3 heterocycles. The molecule has 2 saturated heterocycles. The molecule has 128 valence electrons. The summed E-state index contributed by atoms with van der Waals surface area (Å²) in [6, 6.07) is 2.83. The molecule has 0 spiro atoms. The van der Waals surface area contributed by atoms with Crippen molar-refractivity contribution in [3.05, 3.63) is 23.4 Å². The lowest BCUT2D eigenvalue weighted by Crippen LogP contribution is -2.37. The Labute approximate surface area is 140 Å². The van der Waals surface area contributed by atoms with Crippen molar-refractivity contribution in [2.45, 2.75) is 46.1 Å². The predicted molar refractivity (Wildman–Crippen MR) is 95.0 cm³/mol. The summed E-state index contributed by atoms with van der Waals surface area (Å²) in [5.41, 5.74) is 2.82. The van der Waals surface area contributed by atoms with Gasteiger partial charge >= 0.3 is 0 Å². The van der Waals surface area contributed by atoms with Crippen LogP contribution < -0.4 is 4.90 Å². The van der Waals surface area contributed by atoms with E-state index in [4.69, 9.17) is 9.72 Å². The Morgan fingerprint density at radius 3 is 2.70 bits per heavy atom. The highest BCUT2D eigenvalue weighted by atomic mass is 16.5. The highest BCUT2D eigenvalue weighted by Crippen LogP contribution is 2.33. The summed E-state index contributed by atoms with van der Waals surface area (Å²) in [5.74, 6) is 1.83. The van der Waals surface area contributed by atoms with Crippen LogP contribution in [0.3, 0.4) is 0 Å². The van der Waals surface area contributed by atoms with E-state index in [-0.39, 0.29) is 0 Å². The molecule has 1 aromatic rings. The SMILES string of the molecule is Cc1cc(N2CCOCC2)ncc1C1CCCCN1CC(C)C. The number of nitrogens with zero attached hydrogens (tertiary/aromatic N) is 3. The average molecular weight is 317 g/mol. The number of ether oxygens (including phenoxy) is 1. The lowest BCUT2D eigenvalue weighted by Gasteiger charge is -2.38. The molecular weight excluding hydrogens is 286 g/mol. The summed E-state index contributed by atoms with van der Waals surface area (Å²) >= 11 is 0. The number of aromatic nitrogens is 1. The van der Waals surface area contributed by atoms with E-state index in [0.717, 1.165) is 38.0 Å². The van der Waals surface area contributed by atoms with Crippen LogP contribution in [0.1, 0.15) is 50.3 Å². The van der Waals surface area contributed by atoms with Gasteiger partial charge in [-0.15, -0.1) is 0 Å². The van der Waals surface area contributed by atoms with E-state index in [9.17, 15) is 0 Å². The minimum atomic E-state index is 0.553. The van der Waals surface area contributed by atoms with Crippen molar-refractivity contribution in [2.24, 2.45) is 5.92 Å². The van der Waals surface area contributed by atoms with E-state index in [2.05, 4.69) is 42.8 Å². The second kappa shape index (κ2) is 7.63. The number of aryl methyl sites for hydroxylation is 1. The van der Waals surface area contributed by atoms with Crippen LogP contribution in [-0.2, 0) is 4.74 Å². The third kappa shape index (κ3) is 4.04. The van der Waals surface area contributed by atoms with Crippen LogP contribution >= 0.6 is 0 Å². The fourth-order valence-corrected chi connectivity index (χ4v) is 3.90. The summed E-state index contributed by atoms with van der Waals surface area (Å²) in [7, 11) is 0. The van der Waals surface area contributed by atoms with Gasteiger partial charge in [-0.2, -0.15) is 0 Å². The fraction of sp³-hybridized carbons (Fsp3) is 0.737.